The number of carbonyl (C=O) groups excluding carboxylic acids is 1. The van der Waals surface area contributed by atoms with Crippen LogP contribution in [0.2, 0.25) is 0 Å². The van der Waals surface area contributed by atoms with Gasteiger partial charge in [-0.25, -0.2) is 5.43 Å². The molecule has 4 aromatic rings. The van der Waals surface area contributed by atoms with Gasteiger partial charge in [0.05, 0.1) is 0 Å². The number of aromatic nitrogens is 6. The van der Waals surface area contributed by atoms with Gasteiger partial charge in [0.15, 0.2) is 0 Å². The Balaban J connectivity index is 1.26. The van der Waals surface area contributed by atoms with Gasteiger partial charge in [0.25, 0.3) is 0 Å². The van der Waals surface area contributed by atoms with Crippen LogP contribution >= 0.6 is 0 Å². The number of hydrogen-bond donors (Lipinski definition) is 2. The number of pyridine rings is 2. The molecule has 0 atom stereocenters. The van der Waals surface area contributed by atoms with Gasteiger partial charge in [-0.3, -0.25) is 20.2 Å². The molecule has 0 unspecified atom stereocenters. The topological polar surface area (TPSA) is 145 Å². The number of carbonyl (C=O) groups is 1. The molecule has 0 bridgehead atoms. The minimum absolute atomic E-state index is 0.0665. The molecule has 4 heterocycles. The van der Waals surface area contributed by atoms with E-state index in [1.165, 1.54) is 0 Å². The average Bonchev–Trinajstić information content (AvgIpc) is 3.42. The lowest BCUT2D eigenvalue weighted by Crippen LogP contribution is -2.29. The summed E-state index contributed by atoms with van der Waals surface area (Å²) in [6.45, 7) is 0. The zero-order valence-electron chi connectivity index (χ0n) is 14.4. The zero-order chi connectivity index (χ0) is 19.2. The molecule has 0 aliphatic carbocycles. The third-order valence-corrected chi connectivity index (χ3v) is 3.63. The monoisotopic (exact) mass is 378 g/mol. The smallest absolute Gasteiger partial charge is 0.339 e. The fourth-order valence-electron chi connectivity index (χ4n) is 2.27. The van der Waals surface area contributed by atoms with E-state index >= 15 is 0 Å². The van der Waals surface area contributed by atoms with Crippen LogP contribution in [-0.4, -0.2) is 36.2 Å². The second-order valence-electron chi connectivity index (χ2n) is 5.59. The first-order valence-corrected chi connectivity index (χ1v) is 8.30. The largest absolute Gasteiger partial charge is 0.340 e. The van der Waals surface area contributed by atoms with Gasteiger partial charge in [-0.1, -0.05) is 10.3 Å². The zero-order valence-corrected chi connectivity index (χ0v) is 14.4. The highest BCUT2D eigenvalue weighted by atomic mass is 16.5. The van der Waals surface area contributed by atoms with Crippen LogP contribution in [-0.2, 0) is 11.2 Å². The summed E-state index contributed by atoms with van der Waals surface area (Å²) >= 11 is 0. The third kappa shape index (κ3) is 4.15. The van der Waals surface area contributed by atoms with Crippen molar-refractivity contribution in [3.05, 3.63) is 54.9 Å². The minimum Gasteiger partial charge on any atom is -0.339 e. The van der Waals surface area contributed by atoms with E-state index in [1.54, 1.807) is 43.0 Å². The van der Waals surface area contributed by atoms with Crippen molar-refractivity contribution in [2.75, 3.05) is 5.43 Å². The number of rotatable bonds is 7. The van der Waals surface area contributed by atoms with Crippen LogP contribution < -0.4 is 10.9 Å². The van der Waals surface area contributed by atoms with Crippen molar-refractivity contribution in [3.63, 3.8) is 0 Å². The molecule has 0 aliphatic heterocycles. The molecule has 0 saturated carbocycles. The van der Waals surface area contributed by atoms with Crippen LogP contribution in [0.25, 0.3) is 22.8 Å². The van der Waals surface area contributed by atoms with Crippen molar-refractivity contribution >= 4 is 11.9 Å². The van der Waals surface area contributed by atoms with Gasteiger partial charge >= 0.3 is 6.01 Å². The van der Waals surface area contributed by atoms with Crippen LogP contribution in [0.1, 0.15) is 12.3 Å². The highest BCUT2D eigenvalue weighted by Crippen LogP contribution is 2.16. The maximum atomic E-state index is 12.0. The van der Waals surface area contributed by atoms with E-state index in [0.29, 0.717) is 17.5 Å². The molecule has 0 fully saturated rings. The van der Waals surface area contributed by atoms with Gasteiger partial charge < -0.3 is 9.05 Å². The van der Waals surface area contributed by atoms with E-state index < -0.39 is 0 Å². The first-order chi connectivity index (χ1) is 13.8. The highest BCUT2D eigenvalue weighted by Gasteiger charge is 2.12. The third-order valence-electron chi connectivity index (χ3n) is 3.63. The predicted molar refractivity (Wildman–Crippen MR) is 95.1 cm³/mol. The second kappa shape index (κ2) is 8.03. The van der Waals surface area contributed by atoms with E-state index in [0.717, 1.165) is 11.1 Å². The number of anilines is 1. The first kappa shape index (κ1) is 17.3. The van der Waals surface area contributed by atoms with E-state index in [1.807, 2.05) is 6.07 Å². The molecular formula is C17H14N8O3. The Morgan fingerprint density at radius 1 is 0.929 bits per heavy atom. The number of aryl methyl sites for hydroxylation is 1. The maximum Gasteiger partial charge on any atom is 0.340 e. The van der Waals surface area contributed by atoms with Crippen molar-refractivity contribution in [1.82, 2.24) is 35.7 Å². The fraction of sp³-hybridized carbons (Fsp3) is 0.118. The molecule has 11 heteroatoms. The van der Waals surface area contributed by atoms with E-state index in [4.69, 9.17) is 9.05 Å². The summed E-state index contributed by atoms with van der Waals surface area (Å²) in [5.74, 6) is 0.862. The Kier molecular flexibility index (Phi) is 4.96. The summed E-state index contributed by atoms with van der Waals surface area (Å²) in [6, 6.07) is 7.16. The molecule has 0 aliphatic rings. The number of hydrogen-bond acceptors (Lipinski definition) is 10. The molecular weight excluding hydrogens is 364 g/mol. The summed E-state index contributed by atoms with van der Waals surface area (Å²) in [5, 5.41) is 7.70. The van der Waals surface area contributed by atoms with Crippen molar-refractivity contribution in [2.45, 2.75) is 12.8 Å². The normalized spacial score (nSPS) is 10.6. The second-order valence-corrected chi connectivity index (χ2v) is 5.59. The summed E-state index contributed by atoms with van der Waals surface area (Å²) < 4.78 is 10.2. The maximum absolute atomic E-state index is 12.0. The molecule has 0 radical (unpaired) electrons. The number of hydrazine groups is 1. The SMILES string of the molecule is O=C(CCc1nc(-c2cccnc2)no1)NNc1nc(-c2ccncc2)no1. The summed E-state index contributed by atoms with van der Waals surface area (Å²) in [6.07, 6.45) is 6.96. The molecule has 1 amide bonds. The van der Waals surface area contributed by atoms with Gasteiger partial charge in [-0.05, 0) is 24.3 Å². The van der Waals surface area contributed by atoms with Crippen LogP contribution in [0.4, 0.5) is 6.01 Å². The Morgan fingerprint density at radius 3 is 2.57 bits per heavy atom. The standard InChI is InChI=1S/C17H14N8O3/c26-13(3-4-14-20-16(24-27-14)12-2-1-7-19-10-12)22-23-17-21-15(25-28-17)11-5-8-18-9-6-11/h1-2,5-10H,3-4H2,(H,22,26)(H,21,23,25). The van der Waals surface area contributed by atoms with E-state index in [9.17, 15) is 4.79 Å². The van der Waals surface area contributed by atoms with Crippen LogP contribution in [0, 0.1) is 0 Å². The van der Waals surface area contributed by atoms with Crippen LogP contribution in [0.15, 0.2) is 58.1 Å². The molecule has 0 aromatic carbocycles. The van der Waals surface area contributed by atoms with Crippen LogP contribution in [0.5, 0.6) is 0 Å². The molecule has 4 aromatic heterocycles. The Morgan fingerprint density at radius 2 is 1.75 bits per heavy atom. The van der Waals surface area contributed by atoms with Gasteiger partial charge in [-0.2, -0.15) is 9.97 Å². The van der Waals surface area contributed by atoms with Gasteiger partial charge in [0.1, 0.15) is 0 Å². The molecule has 0 saturated heterocycles. The lowest BCUT2D eigenvalue weighted by Gasteiger charge is -2.02. The Bertz CT molecular complexity index is 965. The first-order valence-electron chi connectivity index (χ1n) is 8.30. The Labute approximate surface area is 158 Å². The molecule has 2 N–H and O–H groups in total. The summed E-state index contributed by atoms with van der Waals surface area (Å²) in [7, 11) is 0. The molecule has 0 spiro atoms. The molecule has 4 rings (SSSR count). The van der Waals surface area contributed by atoms with E-state index in [-0.39, 0.29) is 24.8 Å². The lowest BCUT2D eigenvalue weighted by atomic mass is 10.2. The van der Waals surface area contributed by atoms with Gasteiger partial charge in [0.2, 0.25) is 23.4 Å². The highest BCUT2D eigenvalue weighted by molar-refractivity contribution is 5.77. The minimum atomic E-state index is -0.301. The molecule has 140 valence electrons. The van der Waals surface area contributed by atoms with Crippen molar-refractivity contribution in [3.8, 4) is 22.8 Å². The number of nitrogens with one attached hydrogen (secondary N) is 2. The lowest BCUT2D eigenvalue weighted by molar-refractivity contribution is -0.120. The van der Waals surface area contributed by atoms with Crippen molar-refractivity contribution in [2.24, 2.45) is 0 Å². The predicted octanol–water partition coefficient (Wildman–Crippen LogP) is 1.65. The van der Waals surface area contributed by atoms with Gasteiger partial charge in [0, 0.05) is 48.8 Å². The Hall–Kier alpha value is -4.15. The summed E-state index contributed by atoms with van der Waals surface area (Å²) in [5.41, 5.74) is 6.54. The van der Waals surface area contributed by atoms with Crippen LogP contribution in [0.3, 0.4) is 0 Å². The van der Waals surface area contributed by atoms with E-state index in [2.05, 4.69) is 41.1 Å². The number of nitrogens with zero attached hydrogens (tertiary/aromatic N) is 6. The summed E-state index contributed by atoms with van der Waals surface area (Å²) in [4.78, 5) is 28.3. The van der Waals surface area contributed by atoms with Crippen molar-refractivity contribution < 1.29 is 13.8 Å². The molecule has 11 nitrogen and oxygen atoms in total. The quantitative estimate of drug-likeness (QED) is 0.455. The molecule has 28 heavy (non-hydrogen) atoms. The average molecular weight is 378 g/mol. The fourth-order valence-corrected chi connectivity index (χ4v) is 2.27. The number of amides is 1. The van der Waals surface area contributed by atoms with Gasteiger partial charge in [-0.15, -0.1) is 0 Å². The van der Waals surface area contributed by atoms with Crippen molar-refractivity contribution in [1.29, 1.82) is 0 Å².